The van der Waals surface area contributed by atoms with Gasteiger partial charge in [-0.05, 0) is 19.9 Å². The summed E-state index contributed by atoms with van der Waals surface area (Å²) < 4.78 is 3.18. The third-order valence-corrected chi connectivity index (χ3v) is 3.13. The third kappa shape index (κ3) is 2.93. The Bertz CT molecular complexity index is 77.3. The molecule has 0 bridgehead atoms. The van der Waals surface area contributed by atoms with Gasteiger partial charge in [0.2, 0.25) is 0 Å². The quantitative estimate of drug-likeness (QED) is 0.491. The Labute approximate surface area is 68.1 Å². The number of rotatable bonds is 2. The Morgan fingerprint density at radius 2 is 1.70 bits per heavy atom. The lowest BCUT2D eigenvalue weighted by molar-refractivity contribution is 0.702. The van der Waals surface area contributed by atoms with Crippen molar-refractivity contribution in [3.63, 3.8) is 0 Å². The largest absolute Gasteiger partial charge is 0.267 e. The van der Waals surface area contributed by atoms with Crippen molar-refractivity contribution in [1.82, 2.24) is 4.72 Å². The molecule has 1 saturated carbocycles. The highest BCUT2D eigenvalue weighted by Gasteiger charge is 2.10. The summed E-state index contributed by atoms with van der Waals surface area (Å²) in [6.07, 6.45) is 8.65. The maximum absolute atomic E-state index is 3.18. The molecule has 0 heterocycles. The van der Waals surface area contributed by atoms with Gasteiger partial charge in [-0.25, -0.2) is 0 Å². The molecule has 1 nitrogen and oxygen atoms in total. The monoisotopic (exact) mass is 159 g/mol. The van der Waals surface area contributed by atoms with Gasteiger partial charge < -0.3 is 0 Å². The molecule has 1 rings (SSSR count). The van der Waals surface area contributed by atoms with Crippen molar-refractivity contribution >= 4 is 11.9 Å². The van der Waals surface area contributed by atoms with Crippen molar-refractivity contribution in [2.75, 3.05) is 7.05 Å². The van der Waals surface area contributed by atoms with Crippen molar-refractivity contribution in [2.24, 2.45) is 0 Å². The second-order valence-electron chi connectivity index (χ2n) is 2.94. The van der Waals surface area contributed by atoms with Crippen molar-refractivity contribution in [1.29, 1.82) is 0 Å². The Morgan fingerprint density at radius 1 is 1.10 bits per heavy atom. The van der Waals surface area contributed by atoms with Crippen molar-refractivity contribution in [3.8, 4) is 0 Å². The van der Waals surface area contributed by atoms with Crippen LogP contribution in [-0.2, 0) is 0 Å². The molecule has 0 spiro atoms. The van der Waals surface area contributed by atoms with E-state index in [2.05, 4.69) is 4.72 Å². The normalized spacial score (nSPS) is 22.5. The first-order valence-electron chi connectivity index (χ1n) is 4.26. The molecule has 0 radical (unpaired) electrons. The Hall–Kier alpha value is 0.310. The van der Waals surface area contributed by atoms with Crippen LogP contribution in [0.1, 0.15) is 38.5 Å². The average Bonchev–Trinajstić information content (AvgIpc) is 2.17. The molecule has 1 aliphatic carbocycles. The number of nitrogens with one attached hydrogen (secondary N) is 1. The average molecular weight is 159 g/mol. The van der Waals surface area contributed by atoms with Gasteiger partial charge in [0.15, 0.2) is 0 Å². The molecule has 60 valence electrons. The van der Waals surface area contributed by atoms with Crippen LogP contribution in [0, 0.1) is 0 Å². The van der Waals surface area contributed by atoms with Crippen LogP contribution in [-0.4, -0.2) is 12.3 Å². The number of hydrogen-bond donors (Lipinski definition) is 1. The third-order valence-electron chi connectivity index (χ3n) is 2.09. The fourth-order valence-corrected chi connectivity index (χ4v) is 2.43. The maximum Gasteiger partial charge on any atom is 0.0192 e. The van der Waals surface area contributed by atoms with E-state index in [1.165, 1.54) is 38.5 Å². The minimum atomic E-state index is 0.896. The molecule has 0 aromatic heterocycles. The van der Waals surface area contributed by atoms with Gasteiger partial charge in [-0.2, -0.15) is 0 Å². The molecule has 0 unspecified atom stereocenters. The van der Waals surface area contributed by atoms with E-state index in [0.717, 1.165) is 5.25 Å². The predicted octanol–water partition coefficient (Wildman–Crippen LogP) is 2.58. The Morgan fingerprint density at radius 3 is 2.20 bits per heavy atom. The van der Waals surface area contributed by atoms with E-state index in [9.17, 15) is 0 Å². The molecule has 10 heavy (non-hydrogen) atoms. The highest BCUT2D eigenvalue weighted by atomic mass is 32.2. The molecule has 1 fully saturated rings. The lowest BCUT2D eigenvalue weighted by Crippen LogP contribution is -2.06. The van der Waals surface area contributed by atoms with Gasteiger partial charge >= 0.3 is 0 Å². The molecular weight excluding hydrogens is 142 g/mol. The highest BCUT2D eigenvalue weighted by Crippen LogP contribution is 2.24. The minimum absolute atomic E-state index is 0.896. The summed E-state index contributed by atoms with van der Waals surface area (Å²) in [5.41, 5.74) is 0. The maximum atomic E-state index is 3.18. The summed E-state index contributed by atoms with van der Waals surface area (Å²) in [6, 6.07) is 0. The fourth-order valence-electron chi connectivity index (χ4n) is 1.53. The summed E-state index contributed by atoms with van der Waals surface area (Å²) in [7, 11) is 2.02. The first-order valence-corrected chi connectivity index (χ1v) is 5.14. The van der Waals surface area contributed by atoms with Crippen molar-refractivity contribution < 1.29 is 0 Å². The van der Waals surface area contributed by atoms with Gasteiger partial charge in [0.05, 0.1) is 0 Å². The number of hydrogen-bond acceptors (Lipinski definition) is 2. The Kier molecular flexibility index (Phi) is 4.23. The molecule has 0 saturated heterocycles. The molecule has 0 amide bonds. The first kappa shape index (κ1) is 8.41. The second-order valence-corrected chi connectivity index (χ2v) is 4.25. The molecule has 1 N–H and O–H groups in total. The lowest BCUT2D eigenvalue weighted by Gasteiger charge is -2.10. The van der Waals surface area contributed by atoms with E-state index in [1.807, 2.05) is 19.0 Å². The van der Waals surface area contributed by atoms with E-state index in [1.54, 1.807) is 0 Å². The fraction of sp³-hybridized carbons (Fsp3) is 1.00. The second kappa shape index (κ2) is 5.03. The van der Waals surface area contributed by atoms with Gasteiger partial charge in [-0.15, -0.1) is 0 Å². The van der Waals surface area contributed by atoms with Gasteiger partial charge in [-0.1, -0.05) is 37.6 Å². The summed E-state index contributed by atoms with van der Waals surface area (Å²) in [5.74, 6) is 0. The summed E-state index contributed by atoms with van der Waals surface area (Å²) in [4.78, 5) is 0. The summed E-state index contributed by atoms with van der Waals surface area (Å²) in [6.45, 7) is 0. The van der Waals surface area contributed by atoms with E-state index in [4.69, 9.17) is 0 Å². The van der Waals surface area contributed by atoms with Crippen LogP contribution in [0.5, 0.6) is 0 Å². The molecule has 2 heteroatoms. The summed E-state index contributed by atoms with van der Waals surface area (Å²) in [5, 5.41) is 0.896. The highest BCUT2D eigenvalue weighted by molar-refractivity contribution is 7.98. The smallest absolute Gasteiger partial charge is 0.0192 e. The van der Waals surface area contributed by atoms with Crippen LogP contribution in [0.4, 0.5) is 0 Å². The zero-order valence-corrected chi connectivity index (χ0v) is 7.54. The van der Waals surface area contributed by atoms with Crippen LogP contribution in [0.15, 0.2) is 0 Å². The SMILES string of the molecule is CNSC1CCCCCC1. The van der Waals surface area contributed by atoms with Crippen LogP contribution in [0.25, 0.3) is 0 Å². The molecule has 0 aromatic carbocycles. The van der Waals surface area contributed by atoms with Gasteiger partial charge in [0.1, 0.15) is 0 Å². The van der Waals surface area contributed by atoms with Crippen LogP contribution >= 0.6 is 11.9 Å². The standard InChI is InChI=1S/C8H17NS/c1-9-10-8-6-4-2-3-5-7-8/h8-9H,2-7H2,1H3. The zero-order chi connectivity index (χ0) is 7.23. The van der Waals surface area contributed by atoms with Crippen LogP contribution in [0.3, 0.4) is 0 Å². The summed E-state index contributed by atoms with van der Waals surface area (Å²) >= 11 is 1.92. The van der Waals surface area contributed by atoms with Crippen LogP contribution < -0.4 is 4.72 Å². The van der Waals surface area contributed by atoms with Gasteiger partial charge in [0, 0.05) is 5.25 Å². The minimum Gasteiger partial charge on any atom is -0.267 e. The first-order chi connectivity index (χ1) is 4.93. The van der Waals surface area contributed by atoms with E-state index in [-0.39, 0.29) is 0 Å². The van der Waals surface area contributed by atoms with E-state index < -0.39 is 0 Å². The molecule has 0 atom stereocenters. The lowest BCUT2D eigenvalue weighted by atomic mass is 10.2. The van der Waals surface area contributed by atoms with Crippen molar-refractivity contribution in [2.45, 2.75) is 43.8 Å². The zero-order valence-electron chi connectivity index (χ0n) is 6.73. The van der Waals surface area contributed by atoms with Crippen molar-refractivity contribution in [3.05, 3.63) is 0 Å². The topological polar surface area (TPSA) is 12.0 Å². The van der Waals surface area contributed by atoms with Gasteiger partial charge in [0.25, 0.3) is 0 Å². The Balaban J connectivity index is 2.15. The molecule has 0 aliphatic heterocycles. The van der Waals surface area contributed by atoms with E-state index in [0.29, 0.717) is 0 Å². The molecule has 0 aromatic rings. The van der Waals surface area contributed by atoms with Crippen LogP contribution in [0.2, 0.25) is 0 Å². The van der Waals surface area contributed by atoms with Gasteiger partial charge in [-0.3, -0.25) is 4.72 Å². The molecular formula is C8H17NS. The molecule has 1 aliphatic rings. The van der Waals surface area contributed by atoms with E-state index >= 15 is 0 Å². The predicted molar refractivity (Wildman–Crippen MR) is 48.1 cm³/mol.